The van der Waals surface area contributed by atoms with E-state index in [2.05, 4.69) is 4.98 Å². The summed E-state index contributed by atoms with van der Waals surface area (Å²) < 4.78 is 5.54. The van der Waals surface area contributed by atoms with Crippen LogP contribution in [0.4, 0.5) is 0 Å². The molecule has 2 rings (SSSR count). The van der Waals surface area contributed by atoms with E-state index in [1.54, 1.807) is 6.20 Å². The van der Waals surface area contributed by atoms with Gasteiger partial charge in [0.25, 0.3) is 0 Å². The van der Waals surface area contributed by atoms with Gasteiger partial charge in [-0.3, -0.25) is 9.78 Å². The summed E-state index contributed by atoms with van der Waals surface area (Å²) in [5.74, 6) is 0.506. The van der Waals surface area contributed by atoms with Crippen LogP contribution in [0.3, 0.4) is 0 Å². The molecule has 0 saturated carbocycles. The van der Waals surface area contributed by atoms with E-state index in [-0.39, 0.29) is 5.91 Å². The number of ether oxygens (including phenoxy) is 1. The maximum absolute atomic E-state index is 10.5. The Morgan fingerprint density at radius 2 is 2.18 bits per heavy atom. The molecule has 0 fully saturated rings. The molecule has 2 N–H and O–H groups in total. The fourth-order valence-electron chi connectivity index (χ4n) is 1.59. The standard InChI is InChI=1S/C13H14N2O2/c14-13(16)2-1-7-17-12-4-3-11-9-15-6-5-10(11)8-12/h3-6,8-9H,1-2,7H2,(H2,14,16). The summed E-state index contributed by atoms with van der Waals surface area (Å²) in [7, 11) is 0. The zero-order chi connectivity index (χ0) is 12.1. The summed E-state index contributed by atoms with van der Waals surface area (Å²) in [5, 5.41) is 2.17. The van der Waals surface area contributed by atoms with Crippen LogP contribution in [0.25, 0.3) is 10.8 Å². The van der Waals surface area contributed by atoms with Crippen LogP contribution >= 0.6 is 0 Å². The lowest BCUT2D eigenvalue weighted by atomic mass is 10.2. The number of carbonyl (C=O) groups excluding carboxylic acids is 1. The van der Waals surface area contributed by atoms with Crippen molar-refractivity contribution in [1.82, 2.24) is 4.98 Å². The zero-order valence-electron chi connectivity index (χ0n) is 9.43. The van der Waals surface area contributed by atoms with Crippen molar-refractivity contribution < 1.29 is 9.53 Å². The minimum atomic E-state index is -0.293. The summed E-state index contributed by atoms with van der Waals surface area (Å²) in [5.41, 5.74) is 5.04. The number of benzene rings is 1. The summed E-state index contributed by atoms with van der Waals surface area (Å²) >= 11 is 0. The average molecular weight is 230 g/mol. The molecule has 1 amide bonds. The first kappa shape index (κ1) is 11.4. The molecule has 2 aromatic rings. The fraction of sp³-hybridized carbons (Fsp3) is 0.231. The van der Waals surface area contributed by atoms with Crippen molar-refractivity contribution in [1.29, 1.82) is 0 Å². The maximum Gasteiger partial charge on any atom is 0.217 e. The Balaban J connectivity index is 1.97. The number of aromatic nitrogens is 1. The fourth-order valence-corrected chi connectivity index (χ4v) is 1.59. The van der Waals surface area contributed by atoms with Gasteiger partial charge in [0.1, 0.15) is 5.75 Å². The van der Waals surface area contributed by atoms with Gasteiger partial charge in [-0.1, -0.05) is 0 Å². The third-order valence-electron chi connectivity index (χ3n) is 2.45. The van der Waals surface area contributed by atoms with E-state index in [1.165, 1.54) is 0 Å². The topological polar surface area (TPSA) is 65.2 Å². The Kier molecular flexibility index (Phi) is 3.55. The molecule has 0 saturated heterocycles. The van der Waals surface area contributed by atoms with Crippen LogP contribution in [0.15, 0.2) is 36.7 Å². The number of nitrogens with zero attached hydrogens (tertiary/aromatic N) is 1. The van der Waals surface area contributed by atoms with Crippen LogP contribution in [0, 0.1) is 0 Å². The Morgan fingerprint density at radius 3 is 3.00 bits per heavy atom. The first-order valence-corrected chi connectivity index (χ1v) is 5.50. The first-order valence-electron chi connectivity index (χ1n) is 5.50. The van der Waals surface area contributed by atoms with E-state index in [9.17, 15) is 4.79 Å². The highest BCUT2D eigenvalue weighted by Gasteiger charge is 1.98. The van der Waals surface area contributed by atoms with E-state index >= 15 is 0 Å². The molecule has 1 heterocycles. The lowest BCUT2D eigenvalue weighted by Gasteiger charge is -2.06. The van der Waals surface area contributed by atoms with E-state index in [0.717, 1.165) is 16.5 Å². The van der Waals surface area contributed by atoms with E-state index in [1.807, 2.05) is 30.5 Å². The Labute approximate surface area is 99.4 Å². The van der Waals surface area contributed by atoms with Crippen molar-refractivity contribution in [3.63, 3.8) is 0 Å². The van der Waals surface area contributed by atoms with Gasteiger partial charge < -0.3 is 10.5 Å². The van der Waals surface area contributed by atoms with Gasteiger partial charge in [-0.15, -0.1) is 0 Å². The molecule has 0 aliphatic carbocycles. The molecular weight excluding hydrogens is 216 g/mol. The van der Waals surface area contributed by atoms with Gasteiger partial charge in [0.2, 0.25) is 5.91 Å². The van der Waals surface area contributed by atoms with Gasteiger partial charge in [0, 0.05) is 24.2 Å². The van der Waals surface area contributed by atoms with Crippen LogP contribution in [-0.2, 0) is 4.79 Å². The molecule has 0 atom stereocenters. The minimum Gasteiger partial charge on any atom is -0.494 e. The van der Waals surface area contributed by atoms with Crippen LogP contribution < -0.4 is 10.5 Å². The van der Waals surface area contributed by atoms with Gasteiger partial charge >= 0.3 is 0 Å². The van der Waals surface area contributed by atoms with Gasteiger partial charge in [-0.2, -0.15) is 0 Å². The quantitative estimate of drug-likeness (QED) is 0.797. The second kappa shape index (κ2) is 5.30. The van der Waals surface area contributed by atoms with Crippen molar-refractivity contribution in [2.45, 2.75) is 12.8 Å². The molecule has 0 aliphatic heterocycles. The number of pyridine rings is 1. The monoisotopic (exact) mass is 230 g/mol. The van der Waals surface area contributed by atoms with Gasteiger partial charge in [-0.25, -0.2) is 0 Å². The summed E-state index contributed by atoms with van der Waals surface area (Å²) in [6.45, 7) is 0.500. The van der Waals surface area contributed by atoms with E-state index < -0.39 is 0 Å². The number of amides is 1. The third kappa shape index (κ3) is 3.17. The number of rotatable bonds is 5. The lowest BCUT2D eigenvalue weighted by Crippen LogP contribution is -2.11. The van der Waals surface area contributed by atoms with Crippen LogP contribution in [-0.4, -0.2) is 17.5 Å². The number of nitrogens with two attached hydrogens (primary N) is 1. The molecule has 0 radical (unpaired) electrons. The molecule has 88 valence electrons. The Hall–Kier alpha value is -2.10. The molecule has 17 heavy (non-hydrogen) atoms. The predicted molar refractivity (Wildman–Crippen MR) is 65.7 cm³/mol. The van der Waals surface area contributed by atoms with Crippen LogP contribution in [0.2, 0.25) is 0 Å². The molecule has 0 bridgehead atoms. The Morgan fingerprint density at radius 1 is 1.29 bits per heavy atom. The van der Waals surface area contributed by atoms with Crippen LogP contribution in [0.1, 0.15) is 12.8 Å². The highest BCUT2D eigenvalue weighted by Crippen LogP contribution is 2.19. The molecule has 0 aliphatic rings. The highest BCUT2D eigenvalue weighted by molar-refractivity contribution is 5.82. The first-order chi connectivity index (χ1) is 8.25. The van der Waals surface area contributed by atoms with E-state index in [4.69, 9.17) is 10.5 Å². The van der Waals surface area contributed by atoms with Gasteiger partial charge in [0.05, 0.1) is 6.61 Å². The van der Waals surface area contributed by atoms with Crippen molar-refractivity contribution in [2.75, 3.05) is 6.61 Å². The second-order valence-corrected chi connectivity index (χ2v) is 3.80. The summed E-state index contributed by atoms with van der Waals surface area (Å²) in [4.78, 5) is 14.6. The van der Waals surface area contributed by atoms with Crippen molar-refractivity contribution in [3.05, 3.63) is 36.7 Å². The number of hydrogen-bond donors (Lipinski definition) is 1. The molecule has 4 heteroatoms. The predicted octanol–water partition coefficient (Wildman–Crippen LogP) is 1.88. The van der Waals surface area contributed by atoms with Gasteiger partial charge in [0.15, 0.2) is 0 Å². The average Bonchev–Trinajstić information content (AvgIpc) is 2.34. The SMILES string of the molecule is NC(=O)CCCOc1ccc2cnccc2c1. The smallest absolute Gasteiger partial charge is 0.217 e. The minimum absolute atomic E-state index is 0.293. The lowest BCUT2D eigenvalue weighted by molar-refractivity contribution is -0.118. The van der Waals surface area contributed by atoms with E-state index in [0.29, 0.717) is 19.4 Å². The number of hydrogen-bond acceptors (Lipinski definition) is 3. The largest absolute Gasteiger partial charge is 0.494 e. The highest BCUT2D eigenvalue weighted by atomic mass is 16.5. The summed E-state index contributed by atoms with van der Waals surface area (Å²) in [6, 6.07) is 7.76. The molecule has 1 aromatic heterocycles. The van der Waals surface area contributed by atoms with Crippen LogP contribution in [0.5, 0.6) is 5.75 Å². The number of fused-ring (bicyclic) bond motifs is 1. The summed E-state index contributed by atoms with van der Waals surface area (Å²) in [6.07, 6.45) is 4.56. The zero-order valence-corrected chi connectivity index (χ0v) is 9.43. The molecule has 4 nitrogen and oxygen atoms in total. The van der Waals surface area contributed by atoms with Crippen molar-refractivity contribution in [2.24, 2.45) is 5.73 Å². The number of primary amides is 1. The molecule has 0 spiro atoms. The third-order valence-corrected chi connectivity index (χ3v) is 2.45. The molecule has 0 unspecified atom stereocenters. The second-order valence-electron chi connectivity index (χ2n) is 3.80. The molecule has 1 aromatic carbocycles. The molecular formula is C13H14N2O2. The Bertz CT molecular complexity index is 526. The normalized spacial score (nSPS) is 10.4. The van der Waals surface area contributed by atoms with Crippen molar-refractivity contribution in [3.8, 4) is 5.75 Å². The number of carbonyl (C=O) groups is 1. The van der Waals surface area contributed by atoms with Crippen molar-refractivity contribution >= 4 is 16.7 Å². The van der Waals surface area contributed by atoms with Gasteiger partial charge in [-0.05, 0) is 36.1 Å². The maximum atomic E-state index is 10.5.